The second-order valence-electron chi connectivity index (χ2n) is 5.22. The Morgan fingerprint density at radius 1 is 1.05 bits per heavy atom. The molecule has 0 saturated carbocycles. The Bertz CT molecular complexity index is 741. The zero-order chi connectivity index (χ0) is 14.9. The van der Waals surface area contributed by atoms with E-state index in [1.165, 1.54) is 17.7 Å². The molecule has 0 radical (unpaired) electrons. The maximum absolute atomic E-state index is 12.5. The van der Waals surface area contributed by atoms with Crippen LogP contribution in [-0.2, 0) is 16.4 Å². The molecule has 0 saturated heterocycles. The van der Waals surface area contributed by atoms with Crippen molar-refractivity contribution in [2.24, 2.45) is 0 Å². The molecule has 3 nitrogen and oxygen atoms in total. The molecule has 1 atom stereocenters. The Balaban J connectivity index is 1.88. The fourth-order valence-corrected chi connectivity index (χ4v) is 4.12. The van der Waals surface area contributed by atoms with Gasteiger partial charge in [0.1, 0.15) is 0 Å². The van der Waals surface area contributed by atoms with E-state index in [1.54, 1.807) is 12.1 Å². The minimum atomic E-state index is -3.53. The minimum absolute atomic E-state index is 0.157. The molecule has 0 heterocycles. The molecule has 0 bridgehead atoms. The molecule has 0 aromatic heterocycles. The predicted molar refractivity (Wildman–Crippen MR) is 83.9 cm³/mol. The van der Waals surface area contributed by atoms with Crippen molar-refractivity contribution in [3.8, 4) is 0 Å². The van der Waals surface area contributed by atoms with Gasteiger partial charge in [-0.05, 0) is 54.7 Å². The number of halogens is 1. The Kier molecular flexibility index (Phi) is 4.02. The summed E-state index contributed by atoms with van der Waals surface area (Å²) in [5, 5.41) is 0.525. The molecule has 1 aliphatic carbocycles. The Labute approximate surface area is 130 Å². The van der Waals surface area contributed by atoms with Gasteiger partial charge in [0, 0.05) is 11.1 Å². The number of fused-ring (bicyclic) bond motifs is 1. The average molecular weight is 322 g/mol. The van der Waals surface area contributed by atoms with Crippen LogP contribution in [0.2, 0.25) is 5.02 Å². The van der Waals surface area contributed by atoms with Gasteiger partial charge in [-0.25, -0.2) is 13.1 Å². The molecular formula is C16H16ClNO2S. The lowest BCUT2D eigenvalue weighted by molar-refractivity contribution is 0.507. The molecular weight excluding hydrogens is 306 g/mol. The largest absolute Gasteiger partial charge is 0.241 e. The Morgan fingerprint density at radius 3 is 2.52 bits per heavy atom. The smallest absolute Gasteiger partial charge is 0.207 e. The summed E-state index contributed by atoms with van der Waals surface area (Å²) in [4.78, 5) is 0.245. The van der Waals surface area contributed by atoms with Crippen LogP contribution in [0.3, 0.4) is 0 Å². The molecule has 0 spiro atoms. The van der Waals surface area contributed by atoms with E-state index < -0.39 is 10.0 Å². The van der Waals surface area contributed by atoms with Crippen LogP contribution in [0.4, 0.5) is 0 Å². The number of hydrogen-bond acceptors (Lipinski definition) is 2. The predicted octanol–water partition coefficient (Wildman–Crippen LogP) is 3.70. The summed E-state index contributed by atoms with van der Waals surface area (Å²) >= 11 is 5.81. The highest BCUT2D eigenvalue weighted by molar-refractivity contribution is 7.89. The van der Waals surface area contributed by atoms with Crippen molar-refractivity contribution < 1.29 is 8.42 Å². The van der Waals surface area contributed by atoms with Crippen molar-refractivity contribution in [1.82, 2.24) is 4.72 Å². The van der Waals surface area contributed by atoms with Crippen LogP contribution in [-0.4, -0.2) is 8.42 Å². The molecule has 110 valence electrons. The van der Waals surface area contributed by atoms with Gasteiger partial charge in [-0.3, -0.25) is 0 Å². The number of hydrogen-bond donors (Lipinski definition) is 1. The van der Waals surface area contributed by atoms with E-state index in [-0.39, 0.29) is 10.9 Å². The summed E-state index contributed by atoms with van der Waals surface area (Å²) in [6.45, 7) is 0. The number of benzene rings is 2. The maximum atomic E-state index is 12.5. The molecule has 1 aliphatic rings. The summed E-state index contributed by atoms with van der Waals surface area (Å²) < 4.78 is 27.8. The summed E-state index contributed by atoms with van der Waals surface area (Å²) in [5.74, 6) is 0. The van der Waals surface area contributed by atoms with Gasteiger partial charge in [0.05, 0.1) is 4.90 Å². The molecule has 0 fully saturated rings. The van der Waals surface area contributed by atoms with Crippen LogP contribution in [0.25, 0.3) is 0 Å². The first kappa shape index (κ1) is 14.6. The lowest BCUT2D eigenvalue weighted by Crippen LogP contribution is -2.31. The van der Waals surface area contributed by atoms with Crippen molar-refractivity contribution in [2.45, 2.75) is 30.2 Å². The van der Waals surface area contributed by atoms with Crippen LogP contribution in [0.15, 0.2) is 53.4 Å². The zero-order valence-corrected chi connectivity index (χ0v) is 13.0. The summed E-state index contributed by atoms with van der Waals surface area (Å²) in [6, 6.07) is 14.1. The van der Waals surface area contributed by atoms with Gasteiger partial charge < -0.3 is 0 Å². The van der Waals surface area contributed by atoms with Crippen molar-refractivity contribution >= 4 is 21.6 Å². The third-order valence-electron chi connectivity index (χ3n) is 3.79. The topological polar surface area (TPSA) is 46.2 Å². The molecule has 2 aromatic carbocycles. The molecule has 5 heteroatoms. The molecule has 1 N–H and O–H groups in total. The highest BCUT2D eigenvalue weighted by Gasteiger charge is 2.25. The second-order valence-corrected chi connectivity index (χ2v) is 7.37. The van der Waals surface area contributed by atoms with E-state index in [4.69, 9.17) is 11.6 Å². The lowest BCUT2D eigenvalue weighted by atomic mass is 9.88. The van der Waals surface area contributed by atoms with E-state index in [2.05, 4.69) is 10.8 Å². The normalized spacial score (nSPS) is 18.2. The summed E-state index contributed by atoms with van der Waals surface area (Å²) in [5.41, 5.74) is 2.31. The van der Waals surface area contributed by atoms with Gasteiger partial charge >= 0.3 is 0 Å². The van der Waals surface area contributed by atoms with E-state index in [0.717, 1.165) is 24.8 Å². The number of sulfonamides is 1. The quantitative estimate of drug-likeness (QED) is 0.937. The fourth-order valence-electron chi connectivity index (χ4n) is 2.75. The van der Waals surface area contributed by atoms with Gasteiger partial charge in [0.2, 0.25) is 10.0 Å². The SMILES string of the molecule is O=S(=O)(N[C@H]1CCCc2ccccc21)c1ccc(Cl)cc1. The summed E-state index contributed by atoms with van der Waals surface area (Å²) in [7, 11) is -3.53. The van der Waals surface area contributed by atoms with Crippen LogP contribution in [0, 0.1) is 0 Å². The zero-order valence-electron chi connectivity index (χ0n) is 11.4. The molecule has 2 aromatic rings. The molecule has 21 heavy (non-hydrogen) atoms. The summed E-state index contributed by atoms with van der Waals surface area (Å²) in [6.07, 6.45) is 2.82. The monoisotopic (exact) mass is 321 g/mol. The molecule has 0 amide bonds. The molecule has 0 unspecified atom stereocenters. The van der Waals surface area contributed by atoms with Crippen LogP contribution >= 0.6 is 11.6 Å². The highest BCUT2D eigenvalue weighted by Crippen LogP contribution is 2.30. The highest BCUT2D eigenvalue weighted by atomic mass is 35.5. The van der Waals surface area contributed by atoms with E-state index >= 15 is 0 Å². The van der Waals surface area contributed by atoms with Crippen LogP contribution in [0.1, 0.15) is 30.0 Å². The third-order valence-corrected chi connectivity index (χ3v) is 5.53. The first-order valence-corrected chi connectivity index (χ1v) is 8.78. The van der Waals surface area contributed by atoms with E-state index in [1.807, 2.05) is 18.2 Å². The Hall–Kier alpha value is -1.36. The van der Waals surface area contributed by atoms with Crippen molar-refractivity contribution in [3.05, 3.63) is 64.7 Å². The second kappa shape index (κ2) is 5.79. The Morgan fingerprint density at radius 2 is 1.76 bits per heavy atom. The third kappa shape index (κ3) is 3.12. The fraction of sp³-hybridized carbons (Fsp3) is 0.250. The first-order chi connectivity index (χ1) is 10.1. The standard InChI is InChI=1S/C16H16ClNO2S/c17-13-8-10-14(11-9-13)21(19,20)18-16-7-3-5-12-4-1-2-6-15(12)16/h1-2,4,6,8-11,16,18H,3,5,7H2/t16-/m0/s1. The number of nitrogens with one attached hydrogen (secondary N) is 1. The van der Waals surface area contributed by atoms with Gasteiger partial charge in [-0.2, -0.15) is 0 Å². The van der Waals surface area contributed by atoms with Gasteiger partial charge in [-0.1, -0.05) is 35.9 Å². The van der Waals surface area contributed by atoms with Crippen molar-refractivity contribution in [3.63, 3.8) is 0 Å². The number of rotatable bonds is 3. The van der Waals surface area contributed by atoms with E-state index in [9.17, 15) is 8.42 Å². The van der Waals surface area contributed by atoms with Crippen molar-refractivity contribution in [2.75, 3.05) is 0 Å². The van der Waals surface area contributed by atoms with E-state index in [0.29, 0.717) is 5.02 Å². The van der Waals surface area contributed by atoms with Crippen LogP contribution in [0.5, 0.6) is 0 Å². The van der Waals surface area contributed by atoms with Gasteiger partial charge in [0.15, 0.2) is 0 Å². The molecule has 0 aliphatic heterocycles. The van der Waals surface area contributed by atoms with Gasteiger partial charge in [-0.15, -0.1) is 0 Å². The van der Waals surface area contributed by atoms with Crippen LogP contribution < -0.4 is 4.72 Å². The average Bonchev–Trinajstić information content (AvgIpc) is 2.48. The minimum Gasteiger partial charge on any atom is -0.207 e. The first-order valence-electron chi connectivity index (χ1n) is 6.92. The number of aryl methyl sites for hydroxylation is 1. The lowest BCUT2D eigenvalue weighted by Gasteiger charge is -2.26. The van der Waals surface area contributed by atoms with Gasteiger partial charge in [0.25, 0.3) is 0 Å². The maximum Gasteiger partial charge on any atom is 0.241 e. The van der Waals surface area contributed by atoms with Crippen molar-refractivity contribution in [1.29, 1.82) is 0 Å². The molecule has 3 rings (SSSR count).